The molecule has 0 unspecified atom stereocenters. The van der Waals surface area contributed by atoms with E-state index in [0.717, 1.165) is 31.2 Å². The molecule has 17 heavy (non-hydrogen) atoms. The van der Waals surface area contributed by atoms with E-state index in [1.165, 1.54) is 6.42 Å². The van der Waals surface area contributed by atoms with Crippen LogP contribution in [0.5, 0.6) is 0 Å². The molecule has 0 bridgehead atoms. The summed E-state index contributed by atoms with van der Waals surface area (Å²) in [6.45, 7) is 0. The molecule has 0 saturated heterocycles. The highest BCUT2D eigenvalue weighted by Gasteiger charge is 2.25. The van der Waals surface area contributed by atoms with Crippen LogP contribution in [-0.4, -0.2) is 10.7 Å². The third kappa shape index (κ3) is 3.76. The van der Waals surface area contributed by atoms with Gasteiger partial charge in [-0.25, -0.2) is 0 Å². The maximum Gasteiger partial charge on any atom is 0.0836 e. The summed E-state index contributed by atoms with van der Waals surface area (Å²) >= 11 is 0. The molecule has 0 amide bonds. The summed E-state index contributed by atoms with van der Waals surface area (Å²) in [6, 6.07) is 9.89. The molecule has 1 saturated carbocycles. The molecule has 1 heteroatoms. The third-order valence-corrected chi connectivity index (χ3v) is 3.19. The molecule has 1 aromatic carbocycles. The van der Waals surface area contributed by atoms with Crippen LogP contribution in [0.1, 0.15) is 37.7 Å². The third-order valence-electron chi connectivity index (χ3n) is 3.19. The molecule has 1 aliphatic carbocycles. The predicted molar refractivity (Wildman–Crippen MR) is 70.5 cm³/mol. The van der Waals surface area contributed by atoms with Gasteiger partial charge in [-0.15, -0.1) is 0 Å². The Morgan fingerprint density at radius 3 is 2.47 bits per heavy atom. The van der Waals surface area contributed by atoms with E-state index in [4.69, 9.17) is 0 Å². The molecule has 1 fully saturated rings. The molecular weight excluding hydrogens is 208 g/mol. The van der Waals surface area contributed by atoms with E-state index in [2.05, 4.69) is 11.8 Å². The lowest BCUT2D eigenvalue weighted by Crippen LogP contribution is -2.28. The minimum absolute atomic E-state index is 0.608. The fraction of sp³-hybridized carbons (Fsp3) is 0.375. The molecule has 0 atom stereocenters. The SMILES string of the molecule is OC1(/C=C\C#Cc2ccccc2)CCCCC1. The zero-order valence-corrected chi connectivity index (χ0v) is 10.0. The Kier molecular flexibility index (Phi) is 4.01. The maximum absolute atomic E-state index is 10.2. The second-order valence-corrected chi connectivity index (χ2v) is 4.63. The zero-order chi connectivity index (χ0) is 12.0. The molecule has 1 aromatic rings. The summed E-state index contributed by atoms with van der Waals surface area (Å²) in [4.78, 5) is 0. The van der Waals surface area contributed by atoms with Gasteiger partial charge in [-0.2, -0.15) is 0 Å². The molecule has 1 aliphatic rings. The Hall–Kier alpha value is -1.52. The Morgan fingerprint density at radius 1 is 1.06 bits per heavy atom. The first-order chi connectivity index (χ1) is 8.29. The lowest BCUT2D eigenvalue weighted by Gasteiger charge is -2.28. The highest BCUT2D eigenvalue weighted by molar-refractivity contribution is 5.36. The highest BCUT2D eigenvalue weighted by atomic mass is 16.3. The summed E-state index contributed by atoms with van der Waals surface area (Å²) in [5.41, 5.74) is 0.400. The van der Waals surface area contributed by atoms with Crippen molar-refractivity contribution in [3.63, 3.8) is 0 Å². The van der Waals surface area contributed by atoms with Gasteiger partial charge in [0.05, 0.1) is 5.60 Å². The number of aliphatic hydroxyl groups is 1. The van der Waals surface area contributed by atoms with Gasteiger partial charge in [-0.1, -0.05) is 49.3 Å². The van der Waals surface area contributed by atoms with Crippen LogP contribution in [0, 0.1) is 11.8 Å². The van der Waals surface area contributed by atoms with E-state index in [-0.39, 0.29) is 0 Å². The lowest BCUT2D eigenvalue weighted by molar-refractivity contribution is 0.0514. The molecule has 88 valence electrons. The number of rotatable bonds is 1. The average Bonchev–Trinajstić information content (AvgIpc) is 2.37. The summed E-state index contributed by atoms with van der Waals surface area (Å²) in [6.07, 6.45) is 8.87. The van der Waals surface area contributed by atoms with Crippen molar-refractivity contribution >= 4 is 0 Å². The molecule has 1 nitrogen and oxygen atoms in total. The van der Waals surface area contributed by atoms with Crippen LogP contribution in [0.2, 0.25) is 0 Å². The summed E-state index contributed by atoms with van der Waals surface area (Å²) in [5, 5.41) is 10.2. The Bertz CT molecular complexity index is 428. The number of hydrogen-bond donors (Lipinski definition) is 1. The van der Waals surface area contributed by atoms with Crippen LogP contribution < -0.4 is 0 Å². The Morgan fingerprint density at radius 2 is 1.76 bits per heavy atom. The van der Waals surface area contributed by atoms with Gasteiger partial charge in [-0.3, -0.25) is 0 Å². The van der Waals surface area contributed by atoms with Gasteiger partial charge >= 0.3 is 0 Å². The second kappa shape index (κ2) is 5.70. The van der Waals surface area contributed by atoms with Gasteiger partial charge < -0.3 is 5.11 Å². The molecular formula is C16H18O. The summed E-state index contributed by atoms with van der Waals surface area (Å²) in [5.74, 6) is 6.04. The van der Waals surface area contributed by atoms with Gasteiger partial charge in [0, 0.05) is 5.56 Å². The minimum Gasteiger partial charge on any atom is -0.386 e. The van der Waals surface area contributed by atoms with Crippen molar-refractivity contribution < 1.29 is 5.11 Å². The number of hydrogen-bond acceptors (Lipinski definition) is 1. The van der Waals surface area contributed by atoms with E-state index in [9.17, 15) is 5.11 Å². The second-order valence-electron chi connectivity index (χ2n) is 4.63. The molecule has 0 heterocycles. The first kappa shape index (κ1) is 12.0. The van der Waals surface area contributed by atoms with Crippen LogP contribution in [0.15, 0.2) is 42.5 Å². The van der Waals surface area contributed by atoms with Crippen molar-refractivity contribution in [1.29, 1.82) is 0 Å². The van der Waals surface area contributed by atoms with E-state index < -0.39 is 5.60 Å². The van der Waals surface area contributed by atoms with Crippen molar-refractivity contribution in [3.8, 4) is 11.8 Å². The average molecular weight is 226 g/mol. The minimum atomic E-state index is -0.608. The molecule has 0 aliphatic heterocycles. The number of benzene rings is 1. The van der Waals surface area contributed by atoms with E-state index in [1.807, 2.05) is 36.4 Å². The number of allylic oxidation sites excluding steroid dienone is 1. The van der Waals surface area contributed by atoms with Gasteiger partial charge in [0.1, 0.15) is 0 Å². The summed E-state index contributed by atoms with van der Waals surface area (Å²) in [7, 11) is 0. The standard InChI is InChI=1S/C16H18O/c17-16(12-6-2-7-13-16)14-8-5-11-15-9-3-1-4-10-15/h1,3-4,8-10,14,17H,2,6-7,12-13H2/b14-8-. The molecule has 2 rings (SSSR count). The summed E-state index contributed by atoms with van der Waals surface area (Å²) < 4.78 is 0. The first-order valence-electron chi connectivity index (χ1n) is 6.25. The normalized spacial score (nSPS) is 18.6. The smallest absolute Gasteiger partial charge is 0.0836 e. The van der Waals surface area contributed by atoms with Gasteiger partial charge in [-0.05, 0) is 37.1 Å². The highest BCUT2D eigenvalue weighted by Crippen LogP contribution is 2.28. The fourth-order valence-corrected chi connectivity index (χ4v) is 2.17. The van der Waals surface area contributed by atoms with Crippen molar-refractivity contribution in [3.05, 3.63) is 48.0 Å². The van der Waals surface area contributed by atoms with Gasteiger partial charge in [0.15, 0.2) is 0 Å². The van der Waals surface area contributed by atoms with Crippen molar-refractivity contribution in [2.45, 2.75) is 37.7 Å². The van der Waals surface area contributed by atoms with E-state index in [1.54, 1.807) is 6.08 Å². The Labute approximate surface area is 103 Å². The van der Waals surface area contributed by atoms with Crippen molar-refractivity contribution in [1.82, 2.24) is 0 Å². The molecule has 0 spiro atoms. The molecule has 1 N–H and O–H groups in total. The Balaban J connectivity index is 1.95. The van der Waals surface area contributed by atoms with Crippen LogP contribution in [0.3, 0.4) is 0 Å². The fourth-order valence-electron chi connectivity index (χ4n) is 2.17. The van der Waals surface area contributed by atoms with Crippen LogP contribution in [0.4, 0.5) is 0 Å². The quantitative estimate of drug-likeness (QED) is 0.728. The zero-order valence-electron chi connectivity index (χ0n) is 10.0. The molecule has 0 radical (unpaired) electrons. The largest absolute Gasteiger partial charge is 0.386 e. The molecule has 0 aromatic heterocycles. The van der Waals surface area contributed by atoms with Crippen molar-refractivity contribution in [2.75, 3.05) is 0 Å². The monoisotopic (exact) mass is 226 g/mol. The van der Waals surface area contributed by atoms with Crippen LogP contribution in [-0.2, 0) is 0 Å². The maximum atomic E-state index is 10.2. The van der Waals surface area contributed by atoms with E-state index in [0.29, 0.717) is 0 Å². The van der Waals surface area contributed by atoms with Crippen LogP contribution >= 0.6 is 0 Å². The van der Waals surface area contributed by atoms with E-state index >= 15 is 0 Å². The topological polar surface area (TPSA) is 20.2 Å². The van der Waals surface area contributed by atoms with Gasteiger partial charge in [0.25, 0.3) is 0 Å². The van der Waals surface area contributed by atoms with Gasteiger partial charge in [0.2, 0.25) is 0 Å². The predicted octanol–water partition coefficient (Wildman–Crippen LogP) is 3.29. The lowest BCUT2D eigenvalue weighted by atomic mass is 9.85. The first-order valence-corrected chi connectivity index (χ1v) is 6.25. The van der Waals surface area contributed by atoms with Crippen LogP contribution in [0.25, 0.3) is 0 Å². The van der Waals surface area contributed by atoms with Crippen molar-refractivity contribution in [2.24, 2.45) is 0 Å².